The summed E-state index contributed by atoms with van der Waals surface area (Å²) in [5.74, 6) is 3.81. The second-order valence-electron chi connectivity index (χ2n) is 14.7. The molecule has 12 nitrogen and oxygen atoms in total. The molecular formula is C49H53NO11. The van der Waals surface area contributed by atoms with Crippen molar-refractivity contribution in [3.63, 3.8) is 0 Å². The van der Waals surface area contributed by atoms with Gasteiger partial charge < -0.3 is 52.6 Å². The molecule has 2 unspecified atom stereocenters. The van der Waals surface area contributed by atoms with Gasteiger partial charge in [0.15, 0.2) is 0 Å². The van der Waals surface area contributed by atoms with Gasteiger partial charge in [-0.05, 0) is 35.9 Å². The highest BCUT2D eigenvalue weighted by molar-refractivity contribution is 5.95. The quantitative estimate of drug-likeness (QED) is 0.0786. The van der Waals surface area contributed by atoms with Crippen LogP contribution >= 0.6 is 0 Å². The van der Waals surface area contributed by atoms with E-state index in [1.165, 1.54) is 4.90 Å². The number of para-hydroxylation sites is 1. The van der Waals surface area contributed by atoms with Crippen LogP contribution in [0.15, 0.2) is 109 Å². The standard InChI is InChI=1S/C49H53NO11/c1-53-41-18-11-6-13-33(41)29-58-23-12-24-59-36-21-19-32(20-22-36)46-44(60-30-34-25-42(54-2)37-14-7-9-16-39(37)47(34)56-4)27-50(49(51)52)28-45(46)61-31-35-26-43(55-3)38-15-8-10-17-40(38)48(35)57-5/h6-11,13-22,25-26,44-46H,12,23-24,27-31H2,1-5H3,(H,51,52). The van der Waals surface area contributed by atoms with E-state index >= 15 is 0 Å². The monoisotopic (exact) mass is 831 g/mol. The number of hydrogen-bond acceptors (Lipinski definition) is 10. The Morgan fingerprint density at radius 2 is 1.08 bits per heavy atom. The number of ether oxygens (including phenoxy) is 9. The normalized spacial score (nSPS) is 16.3. The third kappa shape index (κ3) is 9.73. The molecule has 1 heterocycles. The number of fused-ring (bicyclic) bond motifs is 2. The molecule has 0 saturated carbocycles. The Labute approximate surface area is 356 Å². The SMILES string of the molecule is COc1ccccc1COCCCOc1ccc(C2C(OCc3cc(OC)c4ccccc4c3OC)CN(C(=O)O)CC2OCc2cc(OC)c3ccccc3c2OC)cc1. The van der Waals surface area contributed by atoms with Crippen molar-refractivity contribution in [3.05, 3.63) is 131 Å². The van der Waals surface area contributed by atoms with Crippen LogP contribution in [0.2, 0.25) is 0 Å². The zero-order chi connectivity index (χ0) is 42.7. The second-order valence-corrected chi connectivity index (χ2v) is 14.7. The van der Waals surface area contributed by atoms with E-state index in [1.807, 2.05) is 109 Å². The minimum absolute atomic E-state index is 0.118. The maximum Gasteiger partial charge on any atom is 0.407 e. The predicted octanol–water partition coefficient (Wildman–Crippen LogP) is 9.27. The molecule has 1 N–H and O–H groups in total. The fourth-order valence-corrected chi connectivity index (χ4v) is 8.18. The van der Waals surface area contributed by atoms with Crippen LogP contribution in [0.25, 0.3) is 21.5 Å². The molecule has 0 radical (unpaired) electrons. The molecule has 1 fully saturated rings. The molecule has 320 valence electrons. The third-order valence-corrected chi connectivity index (χ3v) is 11.1. The molecule has 2 atom stereocenters. The minimum Gasteiger partial charge on any atom is -0.496 e. The summed E-state index contributed by atoms with van der Waals surface area (Å²) in [4.78, 5) is 14.1. The second kappa shape index (κ2) is 20.4. The van der Waals surface area contributed by atoms with Gasteiger partial charge in [0.05, 0.1) is 93.9 Å². The number of carboxylic acid groups (broad SMARTS) is 1. The smallest absolute Gasteiger partial charge is 0.407 e. The first-order valence-electron chi connectivity index (χ1n) is 20.3. The van der Waals surface area contributed by atoms with E-state index in [-0.39, 0.29) is 32.2 Å². The minimum atomic E-state index is -1.06. The van der Waals surface area contributed by atoms with E-state index in [0.717, 1.165) is 49.5 Å². The number of rotatable bonds is 19. The zero-order valence-electron chi connectivity index (χ0n) is 35.3. The summed E-state index contributed by atoms with van der Waals surface area (Å²) in [5.41, 5.74) is 3.45. The average molecular weight is 832 g/mol. The number of likely N-dealkylation sites (tertiary alicyclic amines) is 1. The molecule has 61 heavy (non-hydrogen) atoms. The van der Waals surface area contributed by atoms with Gasteiger partial charge in [-0.3, -0.25) is 0 Å². The van der Waals surface area contributed by atoms with Gasteiger partial charge in [-0.2, -0.15) is 0 Å². The fourth-order valence-electron chi connectivity index (χ4n) is 8.18. The molecule has 6 aromatic rings. The maximum absolute atomic E-state index is 12.7. The highest BCUT2D eigenvalue weighted by atomic mass is 16.5. The first-order valence-corrected chi connectivity index (χ1v) is 20.3. The van der Waals surface area contributed by atoms with Crippen LogP contribution in [0.5, 0.6) is 34.5 Å². The first-order chi connectivity index (χ1) is 29.9. The van der Waals surface area contributed by atoms with Crippen molar-refractivity contribution < 1.29 is 52.5 Å². The largest absolute Gasteiger partial charge is 0.496 e. The average Bonchev–Trinajstić information content (AvgIpc) is 3.30. The van der Waals surface area contributed by atoms with E-state index in [4.69, 9.17) is 42.6 Å². The summed E-state index contributed by atoms with van der Waals surface area (Å²) in [5, 5.41) is 14.0. The van der Waals surface area contributed by atoms with Crippen LogP contribution in [0, 0.1) is 0 Å². The van der Waals surface area contributed by atoms with Crippen molar-refractivity contribution in [3.8, 4) is 34.5 Å². The Morgan fingerprint density at radius 3 is 1.59 bits per heavy atom. The molecule has 1 amide bonds. The lowest BCUT2D eigenvalue weighted by Crippen LogP contribution is -2.54. The van der Waals surface area contributed by atoms with Gasteiger partial charge in [0.25, 0.3) is 0 Å². The molecule has 12 heteroatoms. The van der Waals surface area contributed by atoms with Gasteiger partial charge in [-0.25, -0.2) is 4.79 Å². The van der Waals surface area contributed by atoms with Crippen molar-refractivity contribution in [1.82, 2.24) is 4.90 Å². The first kappa shape index (κ1) is 42.9. The summed E-state index contributed by atoms with van der Waals surface area (Å²) >= 11 is 0. The predicted molar refractivity (Wildman–Crippen MR) is 233 cm³/mol. The lowest BCUT2D eigenvalue weighted by Gasteiger charge is -2.42. The number of amides is 1. The van der Waals surface area contributed by atoms with E-state index in [1.54, 1.807) is 35.5 Å². The van der Waals surface area contributed by atoms with Gasteiger partial charge in [0.2, 0.25) is 0 Å². The Hall–Kier alpha value is -6.21. The van der Waals surface area contributed by atoms with E-state index in [9.17, 15) is 9.90 Å². The van der Waals surface area contributed by atoms with E-state index in [0.29, 0.717) is 55.0 Å². The summed E-state index contributed by atoms with van der Waals surface area (Å²) in [6.45, 7) is 1.93. The lowest BCUT2D eigenvalue weighted by atomic mass is 9.84. The Morgan fingerprint density at radius 1 is 0.574 bits per heavy atom. The van der Waals surface area contributed by atoms with Crippen LogP contribution in [0.3, 0.4) is 0 Å². The molecule has 6 aromatic carbocycles. The summed E-state index contributed by atoms with van der Waals surface area (Å²) in [6.07, 6.45) is -1.59. The van der Waals surface area contributed by atoms with E-state index in [2.05, 4.69) is 0 Å². The maximum atomic E-state index is 12.7. The van der Waals surface area contributed by atoms with Gasteiger partial charge in [0.1, 0.15) is 34.5 Å². The van der Waals surface area contributed by atoms with E-state index < -0.39 is 18.3 Å². The topological polar surface area (TPSA) is 124 Å². The van der Waals surface area contributed by atoms with Gasteiger partial charge in [0, 0.05) is 50.6 Å². The summed E-state index contributed by atoms with van der Waals surface area (Å²) < 4.78 is 54.4. The van der Waals surface area contributed by atoms with Crippen LogP contribution in [0.4, 0.5) is 4.79 Å². The molecule has 0 bridgehead atoms. The van der Waals surface area contributed by atoms with Crippen LogP contribution in [-0.4, -0.2) is 90.2 Å². The number of benzene rings is 6. The van der Waals surface area contributed by atoms with Gasteiger partial charge in [-0.1, -0.05) is 78.9 Å². The van der Waals surface area contributed by atoms with Crippen LogP contribution < -0.4 is 28.4 Å². The lowest BCUT2D eigenvalue weighted by molar-refractivity contribution is -0.0940. The van der Waals surface area contributed by atoms with Crippen molar-refractivity contribution in [2.75, 3.05) is 61.9 Å². The van der Waals surface area contributed by atoms with Crippen molar-refractivity contribution >= 4 is 27.6 Å². The highest BCUT2D eigenvalue weighted by Crippen LogP contribution is 2.41. The third-order valence-electron chi connectivity index (χ3n) is 11.1. The Kier molecular flexibility index (Phi) is 14.3. The molecule has 7 rings (SSSR count). The number of piperidine rings is 1. The summed E-state index contributed by atoms with van der Waals surface area (Å²) in [7, 11) is 8.18. The number of carbonyl (C=O) groups is 1. The molecule has 0 aromatic heterocycles. The van der Waals surface area contributed by atoms with Crippen LogP contribution in [-0.2, 0) is 34.0 Å². The van der Waals surface area contributed by atoms with Crippen LogP contribution in [0.1, 0.15) is 34.6 Å². The Bertz CT molecular complexity index is 2290. The zero-order valence-corrected chi connectivity index (χ0v) is 35.3. The molecule has 0 spiro atoms. The number of hydrogen-bond donors (Lipinski definition) is 1. The molecular weight excluding hydrogens is 779 g/mol. The Balaban J connectivity index is 1.14. The van der Waals surface area contributed by atoms with Gasteiger partial charge in [-0.15, -0.1) is 0 Å². The molecule has 1 saturated heterocycles. The van der Waals surface area contributed by atoms with Gasteiger partial charge >= 0.3 is 6.09 Å². The molecule has 1 aliphatic heterocycles. The molecule has 1 aliphatic rings. The van der Waals surface area contributed by atoms with Crippen molar-refractivity contribution in [2.45, 2.75) is 44.4 Å². The summed E-state index contributed by atoms with van der Waals surface area (Å²) in [6, 6.07) is 35.2. The number of nitrogens with zero attached hydrogens (tertiary/aromatic N) is 1. The number of methoxy groups -OCH3 is 5. The van der Waals surface area contributed by atoms with Crippen molar-refractivity contribution in [1.29, 1.82) is 0 Å². The highest BCUT2D eigenvalue weighted by Gasteiger charge is 2.41. The van der Waals surface area contributed by atoms with Crippen molar-refractivity contribution in [2.24, 2.45) is 0 Å². The molecule has 0 aliphatic carbocycles. The fraction of sp³-hybridized carbons (Fsp3) is 0.327.